The van der Waals surface area contributed by atoms with Gasteiger partial charge in [-0.1, -0.05) is 22.0 Å². The molecule has 2 amide bonds. The lowest BCUT2D eigenvalue weighted by Crippen LogP contribution is -2.49. The number of benzene rings is 2. The van der Waals surface area contributed by atoms with Crippen LogP contribution in [0.4, 0.5) is 0 Å². The van der Waals surface area contributed by atoms with Gasteiger partial charge in [-0.25, -0.2) is 0 Å². The first-order valence-electron chi connectivity index (χ1n) is 9.17. The molecule has 8 nitrogen and oxygen atoms in total. The van der Waals surface area contributed by atoms with E-state index in [4.69, 9.17) is 26.4 Å². The minimum atomic E-state index is -0.476. The number of ether oxygens (including phenoxy) is 3. The second kappa shape index (κ2) is 13.3. The van der Waals surface area contributed by atoms with Crippen molar-refractivity contribution in [2.75, 3.05) is 26.4 Å². The lowest BCUT2D eigenvalue weighted by molar-refractivity contribution is -0.123. The molecular weight excluding hydrogens is 554 g/mol. The largest absolute Gasteiger partial charge is 0.491 e. The van der Waals surface area contributed by atoms with E-state index in [9.17, 15) is 9.59 Å². The maximum absolute atomic E-state index is 12.3. The van der Waals surface area contributed by atoms with E-state index in [1.54, 1.807) is 42.5 Å². The van der Waals surface area contributed by atoms with E-state index < -0.39 is 11.8 Å². The molecule has 3 N–H and O–H groups in total. The molecule has 31 heavy (non-hydrogen) atoms. The predicted octanol–water partition coefficient (Wildman–Crippen LogP) is 3.34. The number of thiocarbonyl (C=S) groups is 1. The molecule has 0 spiro atoms. The van der Waals surface area contributed by atoms with Crippen LogP contribution in [0.3, 0.4) is 0 Å². The molecule has 0 aliphatic carbocycles. The van der Waals surface area contributed by atoms with E-state index >= 15 is 0 Å². The Hall–Kier alpha value is -2.21. The lowest BCUT2D eigenvalue weighted by atomic mass is 10.2. The van der Waals surface area contributed by atoms with Crippen LogP contribution in [-0.4, -0.2) is 43.4 Å². The highest BCUT2D eigenvalue weighted by atomic mass is 79.9. The van der Waals surface area contributed by atoms with Gasteiger partial charge in [-0.3, -0.25) is 25.8 Å². The number of amides is 2. The predicted molar refractivity (Wildman–Crippen MR) is 127 cm³/mol. The topological polar surface area (TPSA) is 97.9 Å². The van der Waals surface area contributed by atoms with E-state index in [1.165, 1.54) is 0 Å². The molecule has 166 valence electrons. The first-order chi connectivity index (χ1) is 14.9. The van der Waals surface area contributed by atoms with Crippen LogP contribution in [-0.2, 0) is 9.53 Å². The van der Waals surface area contributed by atoms with Crippen LogP contribution in [0.1, 0.15) is 17.3 Å². The van der Waals surface area contributed by atoms with Gasteiger partial charge >= 0.3 is 0 Å². The molecule has 0 atom stereocenters. The summed E-state index contributed by atoms with van der Waals surface area (Å²) in [6, 6.07) is 12.0. The van der Waals surface area contributed by atoms with Crippen molar-refractivity contribution in [3.63, 3.8) is 0 Å². The van der Waals surface area contributed by atoms with Gasteiger partial charge in [0.1, 0.15) is 18.1 Å². The summed E-state index contributed by atoms with van der Waals surface area (Å²) >= 11 is 11.7. The fourth-order valence-electron chi connectivity index (χ4n) is 2.19. The average molecular weight is 575 g/mol. The van der Waals surface area contributed by atoms with Crippen molar-refractivity contribution < 1.29 is 23.8 Å². The second-order valence-corrected chi connectivity index (χ2v) is 8.07. The molecule has 11 heteroatoms. The van der Waals surface area contributed by atoms with Gasteiger partial charge in [-0.15, -0.1) is 0 Å². The zero-order chi connectivity index (χ0) is 22.6. The summed E-state index contributed by atoms with van der Waals surface area (Å²) in [4.78, 5) is 24.3. The molecule has 0 heterocycles. The molecule has 0 saturated heterocycles. The highest BCUT2D eigenvalue weighted by Gasteiger charge is 2.11. The van der Waals surface area contributed by atoms with Gasteiger partial charge in [0.25, 0.3) is 11.8 Å². The van der Waals surface area contributed by atoms with Crippen LogP contribution < -0.4 is 25.6 Å². The molecule has 0 saturated carbocycles. The van der Waals surface area contributed by atoms with Crippen molar-refractivity contribution in [1.29, 1.82) is 0 Å². The fraction of sp³-hybridized carbons (Fsp3) is 0.250. The van der Waals surface area contributed by atoms with Gasteiger partial charge in [0, 0.05) is 16.6 Å². The number of nitrogens with one attached hydrogen (secondary N) is 3. The maximum Gasteiger partial charge on any atom is 0.276 e. The first kappa shape index (κ1) is 25.1. The lowest BCUT2D eigenvalue weighted by Gasteiger charge is -2.12. The van der Waals surface area contributed by atoms with Crippen molar-refractivity contribution >= 4 is 61.0 Å². The van der Waals surface area contributed by atoms with Crippen molar-refractivity contribution in [3.05, 3.63) is 57.0 Å². The summed E-state index contributed by atoms with van der Waals surface area (Å²) in [6.07, 6.45) is 0. The standard InChI is InChI=1S/C20H21Br2N3O5S/c1-2-28-8-9-29-15-5-3-4-13(10-15)19(27)23-20(31)25-24-18(26)12-30-17-7-6-14(21)11-16(17)22/h3-7,10-11H,2,8-9,12H2,1H3,(H,24,26)(H2,23,25,27,31). The molecule has 2 aromatic carbocycles. The van der Waals surface area contributed by atoms with Gasteiger partial charge in [0.15, 0.2) is 11.7 Å². The average Bonchev–Trinajstić information content (AvgIpc) is 2.75. The second-order valence-electron chi connectivity index (χ2n) is 5.89. The van der Waals surface area contributed by atoms with Crippen LogP contribution in [0.25, 0.3) is 0 Å². The molecule has 0 bridgehead atoms. The van der Waals surface area contributed by atoms with Crippen molar-refractivity contribution in [1.82, 2.24) is 16.2 Å². The van der Waals surface area contributed by atoms with Gasteiger partial charge < -0.3 is 14.2 Å². The highest BCUT2D eigenvalue weighted by Crippen LogP contribution is 2.28. The Kier molecular flexibility index (Phi) is 10.7. The Morgan fingerprint density at radius 1 is 1.03 bits per heavy atom. The van der Waals surface area contributed by atoms with Crippen LogP contribution in [0, 0.1) is 0 Å². The van der Waals surface area contributed by atoms with E-state index in [-0.39, 0.29) is 11.7 Å². The van der Waals surface area contributed by atoms with Gasteiger partial charge in [0.2, 0.25) is 0 Å². The molecule has 2 rings (SSSR count). The Morgan fingerprint density at radius 3 is 2.58 bits per heavy atom. The molecular formula is C20H21Br2N3O5S. The highest BCUT2D eigenvalue weighted by molar-refractivity contribution is 9.11. The number of hydrogen-bond donors (Lipinski definition) is 3. The summed E-state index contributed by atoms with van der Waals surface area (Å²) in [5.74, 6) is 0.126. The van der Waals surface area contributed by atoms with Crippen molar-refractivity contribution in [2.45, 2.75) is 6.92 Å². The molecule has 0 unspecified atom stereocenters. The smallest absolute Gasteiger partial charge is 0.276 e. The van der Waals surface area contributed by atoms with Crippen molar-refractivity contribution in [3.8, 4) is 11.5 Å². The number of halogens is 2. The van der Waals surface area contributed by atoms with E-state index in [2.05, 4.69) is 48.0 Å². The van der Waals surface area contributed by atoms with Gasteiger partial charge in [-0.05, 0) is 71.5 Å². The Bertz CT molecular complexity index is 929. The first-order valence-corrected chi connectivity index (χ1v) is 11.2. The molecule has 0 aliphatic rings. The fourth-order valence-corrected chi connectivity index (χ4v) is 3.50. The number of hydrazine groups is 1. The van der Waals surface area contributed by atoms with Gasteiger partial charge in [-0.2, -0.15) is 0 Å². The summed E-state index contributed by atoms with van der Waals surface area (Å²) in [6.45, 7) is 3.11. The third kappa shape index (κ3) is 9.21. The van der Waals surface area contributed by atoms with Gasteiger partial charge in [0.05, 0.1) is 11.1 Å². The maximum atomic E-state index is 12.3. The molecule has 0 radical (unpaired) electrons. The third-order valence-corrected chi connectivity index (χ3v) is 4.91. The summed E-state index contributed by atoms with van der Waals surface area (Å²) < 4.78 is 17.7. The molecule has 0 aliphatic heterocycles. The SMILES string of the molecule is CCOCCOc1cccc(C(=O)NC(=S)NNC(=O)COc2ccc(Br)cc2Br)c1. The Morgan fingerprint density at radius 2 is 1.84 bits per heavy atom. The zero-order valence-electron chi connectivity index (χ0n) is 16.6. The monoisotopic (exact) mass is 573 g/mol. The summed E-state index contributed by atoms with van der Waals surface area (Å²) in [5.41, 5.74) is 5.17. The Labute approximate surface area is 202 Å². The van der Waals surface area contributed by atoms with Crippen LogP contribution in [0.15, 0.2) is 51.4 Å². The van der Waals surface area contributed by atoms with Crippen LogP contribution in [0.5, 0.6) is 11.5 Å². The summed E-state index contributed by atoms with van der Waals surface area (Å²) in [7, 11) is 0. The number of carbonyl (C=O) groups is 2. The minimum absolute atomic E-state index is 0.0640. The number of rotatable bonds is 9. The third-order valence-electron chi connectivity index (χ3n) is 3.59. The minimum Gasteiger partial charge on any atom is -0.491 e. The quantitative estimate of drug-likeness (QED) is 0.240. The normalized spacial score (nSPS) is 10.2. The zero-order valence-corrected chi connectivity index (χ0v) is 20.6. The van der Waals surface area contributed by atoms with Crippen molar-refractivity contribution in [2.24, 2.45) is 0 Å². The van der Waals surface area contributed by atoms with Crippen LogP contribution >= 0.6 is 44.1 Å². The van der Waals surface area contributed by atoms with Crippen LogP contribution in [0.2, 0.25) is 0 Å². The Balaban J connectivity index is 1.75. The number of hydrogen-bond acceptors (Lipinski definition) is 6. The molecule has 0 fully saturated rings. The van der Waals surface area contributed by atoms with E-state index in [1.807, 2.05) is 6.92 Å². The van der Waals surface area contributed by atoms with E-state index in [0.29, 0.717) is 41.4 Å². The molecule has 2 aromatic rings. The number of carbonyl (C=O) groups excluding carboxylic acids is 2. The summed E-state index contributed by atoms with van der Waals surface area (Å²) in [5, 5.41) is 2.41. The van der Waals surface area contributed by atoms with E-state index in [0.717, 1.165) is 4.47 Å². The molecule has 0 aromatic heterocycles.